The van der Waals surface area contributed by atoms with Crippen LogP contribution in [0.25, 0.3) is 0 Å². The first kappa shape index (κ1) is 13.6. The molecule has 0 aliphatic carbocycles. The number of aliphatic hydroxyl groups excluding tert-OH is 1. The van der Waals surface area contributed by atoms with Crippen LogP contribution in [0.1, 0.15) is 56.1 Å². The van der Waals surface area contributed by atoms with Gasteiger partial charge in [0.15, 0.2) is 0 Å². The summed E-state index contributed by atoms with van der Waals surface area (Å²) in [5.74, 6) is 2.13. The van der Waals surface area contributed by atoms with Gasteiger partial charge >= 0.3 is 0 Å². The molecule has 1 fully saturated rings. The molecule has 1 aliphatic rings. The number of unbranched alkanes of at least 4 members (excludes halogenated alkanes) is 1. The van der Waals surface area contributed by atoms with Gasteiger partial charge in [-0.3, -0.25) is 4.90 Å². The molecule has 2 rings (SSSR count). The van der Waals surface area contributed by atoms with Gasteiger partial charge in [0.25, 0.3) is 0 Å². The standard InChI is InChI=1S/C15H25NO2/c1-13-8-9-15(18-13)14-7-3-2-4-10-16(14)11-5-6-12-17/h8-9,14,17H,2-7,10-12H2,1H3. The molecule has 2 heterocycles. The predicted molar refractivity (Wildman–Crippen MR) is 72.5 cm³/mol. The highest BCUT2D eigenvalue weighted by Gasteiger charge is 2.24. The Balaban J connectivity index is 2.01. The van der Waals surface area contributed by atoms with E-state index >= 15 is 0 Å². The molecule has 1 atom stereocenters. The zero-order valence-electron chi connectivity index (χ0n) is 11.4. The number of aliphatic hydroxyl groups is 1. The third-order valence-electron chi connectivity index (χ3n) is 3.81. The molecule has 3 nitrogen and oxygen atoms in total. The van der Waals surface area contributed by atoms with E-state index in [4.69, 9.17) is 9.52 Å². The van der Waals surface area contributed by atoms with Crippen LogP contribution in [0.15, 0.2) is 16.5 Å². The van der Waals surface area contributed by atoms with Crippen molar-refractivity contribution < 1.29 is 9.52 Å². The van der Waals surface area contributed by atoms with Crippen LogP contribution in [0.5, 0.6) is 0 Å². The zero-order chi connectivity index (χ0) is 12.8. The van der Waals surface area contributed by atoms with Crippen molar-refractivity contribution in [1.29, 1.82) is 0 Å². The average Bonchev–Trinajstić information content (AvgIpc) is 2.65. The fourth-order valence-corrected chi connectivity index (χ4v) is 2.82. The van der Waals surface area contributed by atoms with E-state index in [1.807, 2.05) is 6.92 Å². The molecule has 0 amide bonds. The lowest BCUT2D eigenvalue weighted by Gasteiger charge is -2.28. The third kappa shape index (κ3) is 3.59. The van der Waals surface area contributed by atoms with Crippen molar-refractivity contribution in [3.05, 3.63) is 23.7 Å². The summed E-state index contributed by atoms with van der Waals surface area (Å²) in [6, 6.07) is 4.64. The summed E-state index contributed by atoms with van der Waals surface area (Å²) in [6.07, 6.45) is 7.09. The predicted octanol–water partition coefficient (Wildman–Crippen LogP) is 3.28. The summed E-state index contributed by atoms with van der Waals surface area (Å²) in [6.45, 7) is 4.55. The van der Waals surface area contributed by atoms with Gasteiger partial charge < -0.3 is 9.52 Å². The van der Waals surface area contributed by atoms with Crippen LogP contribution in [0, 0.1) is 6.92 Å². The summed E-state index contributed by atoms with van der Waals surface area (Å²) < 4.78 is 5.82. The molecule has 102 valence electrons. The van der Waals surface area contributed by atoms with Crippen LogP contribution >= 0.6 is 0 Å². The largest absolute Gasteiger partial charge is 0.465 e. The summed E-state index contributed by atoms with van der Waals surface area (Å²) in [5, 5.41) is 8.90. The van der Waals surface area contributed by atoms with Gasteiger partial charge in [-0.2, -0.15) is 0 Å². The molecule has 0 radical (unpaired) electrons. The van der Waals surface area contributed by atoms with Gasteiger partial charge in [0, 0.05) is 6.61 Å². The van der Waals surface area contributed by atoms with E-state index in [9.17, 15) is 0 Å². The molecule has 0 bridgehead atoms. The quantitative estimate of drug-likeness (QED) is 0.816. The maximum atomic E-state index is 8.90. The van der Waals surface area contributed by atoms with E-state index in [0.717, 1.165) is 37.5 Å². The molecule has 18 heavy (non-hydrogen) atoms. The van der Waals surface area contributed by atoms with Crippen molar-refractivity contribution in [2.45, 2.75) is 51.5 Å². The van der Waals surface area contributed by atoms with Crippen molar-refractivity contribution in [2.24, 2.45) is 0 Å². The minimum atomic E-state index is 0.304. The number of nitrogens with zero attached hydrogens (tertiary/aromatic N) is 1. The lowest BCUT2D eigenvalue weighted by atomic mass is 10.1. The Bertz CT molecular complexity index is 348. The second-order valence-electron chi connectivity index (χ2n) is 5.28. The minimum absolute atomic E-state index is 0.304. The SMILES string of the molecule is Cc1ccc(C2CCCCCN2CCCCO)o1. The maximum absolute atomic E-state index is 8.90. The first-order chi connectivity index (χ1) is 8.81. The second kappa shape index (κ2) is 6.95. The van der Waals surface area contributed by atoms with E-state index in [2.05, 4.69) is 17.0 Å². The highest BCUT2D eigenvalue weighted by Crippen LogP contribution is 2.31. The number of furan rings is 1. The summed E-state index contributed by atoms with van der Waals surface area (Å²) in [4.78, 5) is 2.54. The van der Waals surface area contributed by atoms with Gasteiger partial charge in [-0.05, 0) is 57.8 Å². The summed E-state index contributed by atoms with van der Waals surface area (Å²) >= 11 is 0. The lowest BCUT2D eigenvalue weighted by Crippen LogP contribution is -2.29. The first-order valence-electron chi connectivity index (χ1n) is 7.22. The van der Waals surface area contributed by atoms with Gasteiger partial charge in [0.2, 0.25) is 0 Å². The Kier molecular flexibility index (Phi) is 5.26. The van der Waals surface area contributed by atoms with Gasteiger partial charge in [-0.25, -0.2) is 0 Å². The fraction of sp³-hybridized carbons (Fsp3) is 0.733. The van der Waals surface area contributed by atoms with Gasteiger partial charge in [-0.1, -0.05) is 12.8 Å². The summed E-state index contributed by atoms with van der Waals surface area (Å²) in [7, 11) is 0. The molecule has 1 saturated heterocycles. The van der Waals surface area contributed by atoms with E-state index < -0.39 is 0 Å². The van der Waals surface area contributed by atoms with Crippen molar-refractivity contribution >= 4 is 0 Å². The van der Waals surface area contributed by atoms with Crippen LogP contribution in [0.4, 0.5) is 0 Å². The van der Waals surface area contributed by atoms with Gasteiger partial charge in [0.05, 0.1) is 6.04 Å². The van der Waals surface area contributed by atoms with Crippen LogP contribution in [-0.4, -0.2) is 29.7 Å². The van der Waals surface area contributed by atoms with Gasteiger partial charge in [-0.15, -0.1) is 0 Å². The maximum Gasteiger partial charge on any atom is 0.121 e. The molecule has 0 spiro atoms. The Morgan fingerprint density at radius 2 is 2.17 bits per heavy atom. The smallest absolute Gasteiger partial charge is 0.121 e. The third-order valence-corrected chi connectivity index (χ3v) is 3.81. The lowest BCUT2D eigenvalue weighted by molar-refractivity contribution is 0.168. The van der Waals surface area contributed by atoms with Crippen molar-refractivity contribution in [3.8, 4) is 0 Å². The van der Waals surface area contributed by atoms with Crippen LogP contribution < -0.4 is 0 Å². The van der Waals surface area contributed by atoms with Crippen molar-refractivity contribution in [1.82, 2.24) is 4.90 Å². The number of likely N-dealkylation sites (tertiary alicyclic amines) is 1. The Morgan fingerprint density at radius 1 is 1.28 bits per heavy atom. The summed E-state index contributed by atoms with van der Waals surface area (Å²) in [5.41, 5.74) is 0. The van der Waals surface area contributed by atoms with E-state index in [-0.39, 0.29) is 0 Å². The highest BCUT2D eigenvalue weighted by molar-refractivity contribution is 5.10. The van der Waals surface area contributed by atoms with Crippen molar-refractivity contribution in [3.63, 3.8) is 0 Å². The fourth-order valence-electron chi connectivity index (χ4n) is 2.82. The Morgan fingerprint density at radius 3 is 2.89 bits per heavy atom. The molecule has 1 unspecified atom stereocenters. The number of hydrogen-bond acceptors (Lipinski definition) is 3. The normalized spacial score (nSPS) is 22.0. The average molecular weight is 251 g/mol. The topological polar surface area (TPSA) is 36.6 Å². The molecule has 3 heteroatoms. The van der Waals surface area contributed by atoms with E-state index in [1.165, 1.54) is 25.7 Å². The minimum Gasteiger partial charge on any atom is -0.465 e. The number of hydrogen-bond donors (Lipinski definition) is 1. The zero-order valence-corrected chi connectivity index (χ0v) is 11.4. The van der Waals surface area contributed by atoms with E-state index in [0.29, 0.717) is 12.6 Å². The van der Waals surface area contributed by atoms with Crippen LogP contribution in [-0.2, 0) is 0 Å². The molecule has 1 N–H and O–H groups in total. The van der Waals surface area contributed by atoms with Crippen molar-refractivity contribution in [2.75, 3.05) is 19.7 Å². The highest BCUT2D eigenvalue weighted by atomic mass is 16.3. The molecule has 0 aromatic carbocycles. The molecular formula is C15H25NO2. The molecule has 1 aromatic rings. The van der Waals surface area contributed by atoms with Crippen LogP contribution in [0.2, 0.25) is 0 Å². The molecule has 1 aliphatic heterocycles. The Labute approximate surface area is 110 Å². The van der Waals surface area contributed by atoms with Gasteiger partial charge in [0.1, 0.15) is 11.5 Å². The number of aryl methyl sites for hydroxylation is 1. The first-order valence-corrected chi connectivity index (χ1v) is 7.22. The van der Waals surface area contributed by atoms with E-state index in [1.54, 1.807) is 0 Å². The number of rotatable bonds is 5. The van der Waals surface area contributed by atoms with Crippen LogP contribution in [0.3, 0.4) is 0 Å². The molecule has 1 aromatic heterocycles. The second-order valence-corrected chi connectivity index (χ2v) is 5.28. The Hall–Kier alpha value is -0.800. The monoisotopic (exact) mass is 251 g/mol. The molecular weight excluding hydrogens is 226 g/mol. The molecule has 0 saturated carbocycles.